The Hall–Kier alpha value is -3.17. The summed E-state index contributed by atoms with van der Waals surface area (Å²) in [4.78, 5) is 14.1. The Kier molecular flexibility index (Phi) is 7.78. The second-order valence-electron chi connectivity index (χ2n) is 6.93. The Bertz CT molecular complexity index is 1170. The van der Waals surface area contributed by atoms with E-state index in [0.29, 0.717) is 22.3 Å². The molecule has 1 aliphatic rings. The van der Waals surface area contributed by atoms with Gasteiger partial charge in [0.1, 0.15) is 24.6 Å². The van der Waals surface area contributed by atoms with Crippen LogP contribution in [0.2, 0.25) is 0 Å². The van der Waals surface area contributed by atoms with Crippen molar-refractivity contribution in [2.75, 3.05) is 12.3 Å². The average molecular weight is 499 g/mol. The van der Waals surface area contributed by atoms with E-state index >= 15 is 0 Å². The van der Waals surface area contributed by atoms with Crippen LogP contribution in [0.25, 0.3) is 11.2 Å². The number of rotatable bonds is 5. The molecule has 3 aromatic rings. The summed E-state index contributed by atoms with van der Waals surface area (Å²) in [5.41, 5.74) is 7.95. The summed E-state index contributed by atoms with van der Waals surface area (Å²) in [7, 11) is -4.94. The quantitative estimate of drug-likeness (QED) is 0.239. The number of hydrogen-bond donors (Lipinski definition) is 4. The number of nitrogen functional groups attached to an aromatic ring is 1. The molecule has 2 aromatic heterocycles. The maximum absolute atomic E-state index is 10.2. The van der Waals surface area contributed by atoms with Crippen LogP contribution in [0.15, 0.2) is 36.9 Å². The van der Waals surface area contributed by atoms with Crippen molar-refractivity contribution in [1.29, 1.82) is 5.26 Å². The normalized spacial score (nSPS) is 22.2. The van der Waals surface area contributed by atoms with E-state index in [2.05, 4.69) is 16.0 Å². The molecule has 15 nitrogen and oxygen atoms in total. The van der Waals surface area contributed by atoms with Gasteiger partial charge in [-0.15, -0.1) is 10.2 Å². The summed E-state index contributed by atoms with van der Waals surface area (Å²) < 4.78 is 42.2. The molecule has 0 amide bonds. The number of aromatic nitrogens is 4. The number of ether oxygens (including phenoxy) is 1. The fourth-order valence-electron chi connectivity index (χ4n) is 3.23. The number of aliphatic hydroxyl groups excluding tert-OH is 3. The van der Waals surface area contributed by atoms with Crippen molar-refractivity contribution in [2.45, 2.75) is 31.1 Å². The van der Waals surface area contributed by atoms with Gasteiger partial charge in [-0.05, 0) is 6.07 Å². The van der Waals surface area contributed by atoms with Crippen LogP contribution in [-0.4, -0.2) is 54.8 Å². The minimum Gasteiger partial charge on any atom is -0.394 e. The molecule has 182 valence electrons. The zero-order chi connectivity index (χ0) is 25.0. The van der Waals surface area contributed by atoms with Gasteiger partial charge in [0.05, 0.1) is 18.2 Å². The van der Waals surface area contributed by atoms with Crippen molar-refractivity contribution in [1.82, 2.24) is 14.5 Å². The van der Waals surface area contributed by atoms with Gasteiger partial charge in [0.15, 0.2) is 12.8 Å². The summed E-state index contributed by atoms with van der Waals surface area (Å²) in [5, 5.41) is 38.6. The molecular weight excluding hydrogens is 480 g/mol. The van der Waals surface area contributed by atoms with Crippen LogP contribution in [0.5, 0.6) is 0 Å². The molecule has 5 N–H and O–H groups in total. The summed E-state index contributed by atoms with van der Waals surface area (Å²) in [5.74, 6) is 0.162. The van der Waals surface area contributed by atoms with Crippen molar-refractivity contribution < 1.29 is 58.5 Å². The SMILES string of the molecule is N#Cc1ccccc1CO[n+]1cnc2c(ncn2[C@@H]2O[C@H](CO)[C@@H](O)[C@H]2O)c1N.[O-][Cl+3]([O-])([O-])[O-]. The van der Waals surface area contributed by atoms with Crippen LogP contribution in [0.3, 0.4) is 0 Å². The highest BCUT2D eigenvalue weighted by Crippen LogP contribution is 2.31. The highest BCUT2D eigenvalue weighted by atomic mass is 35.7. The Morgan fingerprint density at radius 3 is 2.50 bits per heavy atom. The summed E-state index contributed by atoms with van der Waals surface area (Å²) in [6.45, 7) is -0.337. The van der Waals surface area contributed by atoms with E-state index in [9.17, 15) is 15.3 Å². The number of benzene rings is 1. The molecular formula is C18H19ClN6O9. The second kappa shape index (κ2) is 10.4. The van der Waals surface area contributed by atoms with Gasteiger partial charge in [0.25, 0.3) is 12.1 Å². The first-order valence-electron chi connectivity index (χ1n) is 9.43. The number of nitrogens with zero attached hydrogens (tertiary/aromatic N) is 5. The number of aliphatic hydroxyl groups is 3. The molecule has 1 saturated heterocycles. The van der Waals surface area contributed by atoms with Gasteiger partial charge in [-0.2, -0.15) is 5.26 Å². The molecule has 34 heavy (non-hydrogen) atoms. The van der Waals surface area contributed by atoms with Crippen LogP contribution >= 0.6 is 0 Å². The van der Waals surface area contributed by atoms with Crippen LogP contribution in [-0.2, 0) is 11.3 Å². The Morgan fingerprint density at radius 1 is 1.21 bits per heavy atom. The summed E-state index contributed by atoms with van der Waals surface area (Å²) in [6, 6.07) is 9.13. The molecule has 4 atom stereocenters. The fraction of sp³-hybridized carbons (Fsp3) is 0.333. The van der Waals surface area contributed by atoms with Crippen LogP contribution in [0.4, 0.5) is 5.82 Å². The molecule has 0 saturated carbocycles. The van der Waals surface area contributed by atoms with Crippen LogP contribution in [0.1, 0.15) is 17.4 Å². The van der Waals surface area contributed by atoms with Gasteiger partial charge in [-0.1, -0.05) is 27.9 Å². The van der Waals surface area contributed by atoms with E-state index in [1.807, 2.05) is 0 Å². The number of hydrogen-bond acceptors (Lipinski definition) is 13. The molecule has 0 bridgehead atoms. The number of fused-ring (bicyclic) bond motifs is 1. The van der Waals surface area contributed by atoms with Gasteiger partial charge >= 0.3 is 0 Å². The van der Waals surface area contributed by atoms with Crippen molar-refractivity contribution in [3.8, 4) is 6.07 Å². The lowest BCUT2D eigenvalue weighted by Gasteiger charge is -2.17. The largest absolute Gasteiger partial charge is 0.394 e. The van der Waals surface area contributed by atoms with E-state index in [0.717, 1.165) is 0 Å². The smallest absolute Gasteiger partial charge is 0.289 e. The second-order valence-corrected chi connectivity index (χ2v) is 7.68. The Labute approximate surface area is 193 Å². The third-order valence-electron chi connectivity index (χ3n) is 4.82. The Balaban J connectivity index is 0.000000588. The van der Waals surface area contributed by atoms with E-state index in [-0.39, 0.29) is 12.4 Å². The van der Waals surface area contributed by atoms with Gasteiger partial charge in [0, 0.05) is 5.56 Å². The molecule has 0 radical (unpaired) electrons. The minimum atomic E-state index is -4.94. The van der Waals surface area contributed by atoms with Gasteiger partial charge in [0.2, 0.25) is 11.2 Å². The molecule has 4 rings (SSSR count). The van der Waals surface area contributed by atoms with E-state index in [1.54, 1.807) is 24.3 Å². The van der Waals surface area contributed by atoms with E-state index < -0.39 is 41.4 Å². The zero-order valence-electron chi connectivity index (χ0n) is 17.2. The molecule has 16 heteroatoms. The summed E-state index contributed by atoms with van der Waals surface area (Å²) in [6.07, 6.45) is -1.67. The first-order chi connectivity index (χ1) is 16.0. The fourth-order valence-corrected chi connectivity index (χ4v) is 3.23. The highest BCUT2D eigenvalue weighted by molar-refractivity contribution is 5.79. The number of nitriles is 1. The average Bonchev–Trinajstić information content (AvgIpc) is 3.34. The van der Waals surface area contributed by atoms with Gasteiger partial charge in [-0.3, -0.25) is 4.57 Å². The van der Waals surface area contributed by atoms with E-state index in [1.165, 1.54) is 22.0 Å². The van der Waals surface area contributed by atoms with Crippen molar-refractivity contribution in [2.24, 2.45) is 0 Å². The molecule has 3 heterocycles. The maximum Gasteiger partial charge on any atom is 0.289 e. The summed E-state index contributed by atoms with van der Waals surface area (Å²) >= 11 is 0. The molecule has 0 aliphatic carbocycles. The van der Waals surface area contributed by atoms with Gasteiger partial charge in [-0.25, -0.2) is 23.6 Å². The number of imidazole rings is 1. The standard InChI is InChI=1S/C18H18N6O5.ClHO4/c19-5-10-3-1-2-4-11(10)7-28-24-9-22-17-13(16(24)20)21-8-23(17)18-15(27)14(26)12(6-25)29-18;2-1(3,4)5/h1-4,8-9,12,14-15,18,20,25-27H,6-7H2;(H,2,3,4,5)/t12-,14-,15-,18-;/m1./s1. The Morgan fingerprint density at radius 2 is 1.88 bits per heavy atom. The minimum absolute atomic E-state index is 0.0985. The number of halogens is 1. The van der Waals surface area contributed by atoms with Crippen molar-refractivity contribution in [3.05, 3.63) is 48.0 Å². The number of anilines is 1. The van der Waals surface area contributed by atoms with E-state index in [4.69, 9.17) is 39.2 Å². The molecule has 0 unspecified atom stereocenters. The first-order valence-corrected chi connectivity index (χ1v) is 10.7. The highest BCUT2D eigenvalue weighted by Gasteiger charge is 2.44. The number of nitrogens with two attached hydrogens (primary N) is 1. The van der Waals surface area contributed by atoms with Crippen LogP contribution < -0.4 is 33.9 Å². The lowest BCUT2D eigenvalue weighted by atomic mass is 10.1. The zero-order valence-corrected chi connectivity index (χ0v) is 17.9. The van der Waals surface area contributed by atoms with Gasteiger partial charge < -0.3 is 30.6 Å². The predicted octanol–water partition coefficient (Wildman–Crippen LogP) is -6.34. The molecule has 1 aromatic carbocycles. The molecule has 0 spiro atoms. The third kappa shape index (κ3) is 5.66. The van der Waals surface area contributed by atoms with Crippen LogP contribution in [0, 0.1) is 21.6 Å². The third-order valence-corrected chi connectivity index (χ3v) is 4.82. The lowest BCUT2D eigenvalue weighted by molar-refractivity contribution is -2.00. The lowest BCUT2D eigenvalue weighted by Crippen LogP contribution is -2.68. The molecule has 1 fully saturated rings. The topological polar surface area (TPSA) is 256 Å². The monoisotopic (exact) mass is 498 g/mol. The van der Waals surface area contributed by atoms with Crippen molar-refractivity contribution in [3.63, 3.8) is 0 Å². The maximum atomic E-state index is 10.2. The first kappa shape index (κ1) is 25.5. The predicted molar refractivity (Wildman–Crippen MR) is 96.6 cm³/mol. The molecule has 1 aliphatic heterocycles. The van der Waals surface area contributed by atoms with Crippen molar-refractivity contribution >= 4 is 17.0 Å².